The fourth-order valence-corrected chi connectivity index (χ4v) is 4.29. The van der Waals surface area contributed by atoms with E-state index in [4.69, 9.17) is 14.5 Å². The molecule has 32 heavy (non-hydrogen) atoms. The van der Waals surface area contributed by atoms with E-state index in [9.17, 15) is 0 Å². The summed E-state index contributed by atoms with van der Waals surface area (Å²) in [7, 11) is 3.43. The SMILES string of the molecule is COc1ccc2nc(NCCCCCN3CCN(c4ccccc4OC)CC3)ccc2c1. The fourth-order valence-electron chi connectivity index (χ4n) is 4.29. The molecule has 6 heteroatoms. The van der Waals surface area contributed by atoms with E-state index in [2.05, 4.69) is 33.3 Å². The first-order valence-electron chi connectivity index (χ1n) is 11.6. The molecule has 1 saturated heterocycles. The van der Waals surface area contributed by atoms with Crippen LogP contribution in [0.1, 0.15) is 19.3 Å². The minimum atomic E-state index is 0.862. The highest BCUT2D eigenvalue weighted by Gasteiger charge is 2.18. The third kappa shape index (κ3) is 5.62. The molecule has 0 spiro atoms. The highest BCUT2D eigenvalue weighted by Crippen LogP contribution is 2.28. The molecule has 4 rings (SSSR count). The molecular formula is C26H34N4O2. The number of ether oxygens (including phenoxy) is 2. The van der Waals surface area contributed by atoms with Gasteiger partial charge in [0.2, 0.25) is 0 Å². The van der Waals surface area contributed by atoms with Gasteiger partial charge in [0, 0.05) is 38.1 Å². The lowest BCUT2D eigenvalue weighted by Gasteiger charge is -2.36. The van der Waals surface area contributed by atoms with Gasteiger partial charge in [-0.2, -0.15) is 0 Å². The zero-order chi connectivity index (χ0) is 22.2. The van der Waals surface area contributed by atoms with Crippen molar-refractivity contribution in [1.29, 1.82) is 0 Å². The maximum absolute atomic E-state index is 5.52. The van der Waals surface area contributed by atoms with E-state index in [1.54, 1.807) is 14.2 Å². The first-order chi connectivity index (χ1) is 15.8. The van der Waals surface area contributed by atoms with Crippen molar-refractivity contribution in [3.63, 3.8) is 0 Å². The Balaban J connectivity index is 1.13. The molecule has 3 aromatic rings. The van der Waals surface area contributed by atoms with Crippen molar-refractivity contribution in [2.45, 2.75) is 19.3 Å². The quantitative estimate of drug-likeness (QED) is 0.469. The molecule has 170 valence electrons. The molecule has 0 aliphatic carbocycles. The van der Waals surface area contributed by atoms with Crippen LogP contribution < -0.4 is 19.7 Å². The monoisotopic (exact) mass is 434 g/mol. The number of fused-ring (bicyclic) bond motifs is 1. The molecule has 6 nitrogen and oxygen atoms in total. The molecule has 1 aliphatic heterocycles. The van der Waals surface area contributed by atoms with Gasteiger partial charge in [0.05, 0.1) is 25.4 Å². The van der Waals surface area contributed by atoms with Crippen molar-refractivity contribution in [3.05, 3.63) is 54.6 Å². The van der Waals surface area contributed by atoms with E-state index in [1.165, 1.54) is 25.1 Å². The van der Waals surface area contributed by atoms with E-state index in [0.717, 1.165) is 67.4 Å². The predicted molar refractivity (Wildman–Crippen MR) is 132 cm³/mol. The third-order valence-corrected chi connectivity index (χ3v) is 6.15. The number of nitrogens with zero attached hydrogens (tertiary/aromatic N) is 3. The van der Waals surface area contributed by atoms with E-state index in [1.807, 2.05) is 36.4 Å². The predicted octanol–water partition coefficient (Wildman–Crippen LogP) is 4.66. The number of para-hydroxylation sites is 2. The molecule has 0 amide bonds. The number of anilines is 2. The number of nitrogens with one attached hydrogen (secondary N) is 1. The van der Waals surface area contributed by atoms with E-state index < -0.39 is 0 Å². The van der Waals surface area contributed by atoms with Crippen molar-refractivity contribution >= 4 is 22.4 Å². The molecule has 0 bridgehead atoms. The Morgan fingerprint density at radius 3 is 2.53 bits per heavy atom. The largest absolute Gasteiger partial charge is 0.497 e. The topological polar surface area (TPSA) is 49.9 Å². The number of benzene rings is 2. The zero-order valence-corrected chi connectivity index (χ0v) is 19.2. The van der Waals surface area contributed by atoms with Gasteiger partial charge < -0.3 is 19.7 Å². The van der Waals surface area contributed by atoms with Crippen LogP contribution in [-0.2, 0) is 0 Å². The van der Waals surface area contributed by atoms with Crippen molar-refractivity contribution in [3.8, 4) is 11.5 Å². The number of pyridine rings is 1. The third-order valence-electron chi connectivity index (χ3n) is 6.15. The first-order valence-corrected chi connectivity index (χ1v) is 11.6. The summed E-state index contributed by atoms with van der Waals surface area (Å²) < 4.78 is 10.8. The summed E-state index contributed by atoms with van der Waals surface area (Å²) >= 11 is 0. The fraction of sp³-hybridized carbons (Fsp3) is 0.423. The normalized spacial score (nSPS) is 14.5. The van der Waals surface area contributed by atoms with Crippen LogP contribution in [0, 0.1) is 0 Å². The molecule has 1 N–H and O–H groups in total. The van der Waals surface area contributed by atoms with Crippen LogP contribution in [0.3, 0.4) is 0 Å². The number of methoxy groups -OCH3 is 2. The zero-order valence-electron chi connectivity index (χ0n) is 19.2. The maximum atomic E-state index is 5.52. The van der Waals surface area contributed by atoms with E-state index in [0.29, 0.717) is 0 Å². The molecule has 2 heterocycles. The summed E-state index contributed by atoms with van der Waals surface area (Å²) in [5.41, 5.74) is 2.20. The van der Waals surface area contributed by atoms with Gasteiger partial charge in [0.25, 0.3) is 0 Å². The minimum Gasteiger partial charge on any atom is -0.497 e. The molecule has 1 aliphatic rings. The summed E-state index contributed by atoms with van der Waals surface area (Å²) in [6.07, 6.45) is 3.62. The first kappa shape index (κ1) is 22.2. The molecule has 0 unspecified atom stereocenters. The number of hydrogen-bond acceptors (Lipinski definition) is 6. The standard InChI is InChI=1S/C26H34N4O2/c1-31-22-11-12-23-21(20-22)10-13-26(28-23)27-14-6-3-7-15-29-16-18-30(19-17-29)24-8-4-5-9-25(24)32-2/h4-5,8-13,20H,3,6-7,14-19H2,1-2H3,(H,27,28). The Kier molecular flexibility index (Phi) is 7.67. The molecule has 2 aromatic carbocycles. The number of unbranched alkanes of at least 4 members (excludes halogenated alkanes) is 2. The molecule has 0 atom stereocenters. The van der Waals surface area contributed by atoms with Crippen LogP contribution in [0.15, 0.2) is 54.6 Å². The lowest BCUT2D eigenvalue weighted by Crippen LogP contribution is -2.46. The second-order valence-corrected chi connectivity index (χ2v) is 8.24. The van der Waals surface area contributed by atoms with Crippen LogP contribution >= 0.6 is 0 Å². The van der Waals surface area contributed by atoms with Crippen molar-refractivity contribution < 1.29 is 9.47 Å². The van der Waals surface area contributed by atoms with Gasteiger partial charge in [-0.25, -0.2) is 4.98 Å². The van der Waals surface area contributed by atoms with Crippen LogP contribution in [0.2, 0.25) is 0 Å². The second-order valence-electron chi connectivity index (χ2n) is 8.24. The van der Waals surface area contributed by atoms with Gasteiger partial charge in [0.1, 0.15) is 17.3 Å². The average Bonchev–Trinajstić information content (AvgIpc) is 2.86. The smallest absolute Gasteiger partial charge is 0.142 e. The second kappa shape index (κ2) is 11.0. The summed E-state index contributed by atoms with van der Waals surface area (Å²) in [4.78, 5) is 9.72. The highest BCUT2D eigenvalue weighted by molar-refractivity contribution is 5.81. The molecule has 1 aromatic heterocycles. The van der Waals surface area contributed by atoms with Gasteiger partial charge >= 0.3 is 0 Å². The van der Waals surface area contributed by atoms with Gasteiger partial charge in [-0.05, 0) is 61.9 Å². The Labute approximate surface area is 191 Å². The Bertz CT molecular complexity index is 1000. The molecule has 1 fully saturated rings. The molecule has 0 saturated carbocycles. The minimum absolute atomic E-state index is 0.862. The van der Waals surface area contributed by atoms with Gasteiger partial charge in [-0.15, -0.1) is 0 Å². The van der Waals surface area contributed by atoms with Gasteiger partial charge in [-0.1, -0.05) is 18.6 Å². The Morgan fingerprint density at radius 2 is 1.72 bits per heavy atom. The van der Waals surface area contributed by atoms with Crippen LogP contribution in [0.5, 0.6) is 11.5 Å². The van der Waals surface area contributed by atoms with Crippen LogP contribution in [-0.4, -0.2) is 63.4 Å². The summed E-state index contributed by atoms with van der Waals surface area (Å²) in [6.45, 7) is 6.47. The van der Waals surface area contributed by atoms with Crippen molar-refractivity contribution in [2.75, 3.05) is 63.7 Å². The van der Waals surface area contributed by atoms with E-state index >= 15 is 0 Å². The molecule has 0 radical (unpaired) electrons. The number of aromatic nitrogens is 1. The van der Waals surface area contributed by atoms with E-state index in [-0.39, 0.29) is 0 Å². The summed E-state index contributed by atoms with van der Waals surface area (Å²) in [6, 6.07) is 18.4. The Morgan fingerprint density at radius 1 is 0.875 bits per heavy atom. The maximum Gasteiger partial charge on any atom is 0.142 e. The summed E-state index contributed by atoms with van der Waals surface area (Å²) in [5, 5.41) is 4.56. The lowest BCUT2D eigenvalue weighted by atomic mass is 10.2. The number of hydrogen-bond donors (Lipinski definition) is 1. The number of piperazine rings is 1. The highest BCUT2D eigenvalue weighted by atomic mass is 16.5. The van der Waals surface area contributed by atoms with Crippen molar-refractivity contribution in [2.24, 2.45) is 0 Å². The van der Waals surface area contributed by atoms with Crippen molar-refractivity contribution in [1.82, 2.24) is 9.88 Å². The Hall–Kier alpha value is -2.99. The van der Waals surface area contributed by atoms with Gasteiger partial charge in [0.15, 0.2) is 0 Å². The van der Waals surface area contributed by atoms with Crippen LogP contribution in [0.4, 0.5) is 11.5 Å². The summed E-state index contributed by atoms with van der Waals surface area (Å²) in [5.74, 6) is 2.77. The van der Waals surface area contributed by atoms with Crippen LogP contribution in [0.25, 0.3) is 10.9 Å². The lowest BCUT2D eigenvalue weighted by molar-refractivity contribution is 0.252. The number of rotatable bonds is 10. The average molecular weight is 435 g/mol. The van der Waals surface area contributed by atoms with Gasteiger partial charge in [-0.3, -0.25) is 4.90 Å². The molecular weight excluding hydrogens is 400 g/mol.